The molecular weight excluding hydrogens is 302 g/mol. The van der Waals surface area contributed by atoms with Gasteiger partial charge in [-0.15, -0.1) is 0 Å². The standard InChI is InChI=1S/C12H11BrClN3/c1-2-15-11-5-6-16-12(17-11)8-3-4-9(13)10(14)7-8/h3-7H,2H2,1H3,(H,15,16,17). The van der Waals surface area contributed by atoms with Crippen LogP contribution in [-0.4, -0.2) is 16.5 Å². The van der Waals surface area contributed by atoms with E-state index in [1.807, 2.05) is 31.2 Å². The highest BCUT2D eigenvalue weighted by molar-refractivity contribution is 9.10. The molecule has 2 aromatic rings. The first kappa shape index (κ1) is 12.3. The summed E-state index contributed by atoms with van der Waals surface area (Å²) in [6.45, 7) is 2.86. The molecule has 1 heterocycles. The zero-order chi connectivity index (χ0) is 12.3. The van der Waals surface area contributed by atoms with Crippen LogP contribution in [0.25, 0.3) is 11.4 Å². The number of halogens is 2. The summed E-state index contributed by atoms with van der Waals surface area (Å²) in [6, 6.07) is 7.51. The lowest BCUT2D eigenvalue weighted by atomic mass is 10.2. The zero-order valence-electron chi connectivity index (χ0n) is 9.24. The van der Waals surface area contributed by atoms with Gasteiger partial charge in [0.1, 0.15) is 5.82 Å². The Morgan fingerprint density at radius 3 is 2.88 bits per heavy atom. The second-order valence-corrected chi connectivity index (χ2v) is 4.69. The third-order valence-electron chi connectivity index (χ3n) is 2.19. The molecule has 0 aliphatic rings. The van der Waals surface area contributed by atoms with Gasteiger partial charge in [-0.1, -0.05) is 11.6 Å². The van der Waals surface area contributed by atoms with E-state index in [-0.39, 0.29) is 0 Å². The maximum Gasteiger partial charge on any atom is 0.161 e. The molecule has 2 rings (SSSR count). The van der Waals surface area contributed by atoms with Crippen molar-refractivity contribution in [2.24, 2.45) is 0 Å². The third kappa shape index (κ3) is 2.96. The maximum atomic E-state index is 6.05. The van der Waals surface area contributed by atoms with Crippen LogP contribution in [0.3, 0.4) is 0 Å². The first-order valence-electron chi connectivity index (χ1n) is 5.23. The fraction of sp³-hybridized carbons (Fsp3) is 0.167. The molecule has 1 N–H and O–H groups in total. The van der Waals surface area contributed by atoms with E-state index >= 15 is 0 Å². The summed E-state index contributed by atoms with van der Waals surface area (Å²) >= 11 is 9.40. The van der Waals surface area contributed by atoms with Crippen molar-refractivity contribution in [1.82, 2.24) is 9.97 Å². The second-order valence-electron chi connectivity index (χ2n) is 3.42. The number of hydrogen-bond acceptors (Lipinski definition) is 3. The van der Waals surface area contributed by atoms with Crippen LogP contribution in [0.1, 0.15) is 6.92 Å². The average Bonchev–Trinajstić information content (AvgIpc) is 2.33. The van der Waals surface area contributed by atoms with E-state index in [4.69, 9.17) is 11.6 Å². The van der Waals surface area contributed by atoms with E-state index in [9.17, 15) is 0 Å². The van der Waals surface area contributed by atoms with Crippen LogP contribution < -0.4 is 5.32 Å². The minimum absolute atomic E-state index is 0.653. The average molecular weight is 313 g/mol. The molecule has 17 heavy (non-hydrogen) atoms. The van der Waals surface area contributed by atoms with Gasteiger partial charge in [-0.3, -0.25) is 0 Å². The molecule has 0 spiro atoms. The van der Waals surface area contributed by atoms with Crippen molar-refractivity contribution in [2.45, 2.75) is 6.92 Å². The smallest absolute Gasteiger partial charge is 0.161 e. The Morgan fingerprint density at radius 1 is 1.35 bits per heavy atom. The number of anilines is 1. The lowest BCUT2D eigenvalue weighted by molar-refractivity contribution is 1.12. The minimum atomic E-state index is 0.653. The van der Waals surface area contributed by atoms with Crippen LogP contribution in [0.15, 0.2) is 34.9 Å². The van der Waals surface area contributed by atoms with E-state index < -0.39 is 0 Å². The first-order valence-corrected chi connectivity index (χ1v) is 6.40. The van der Waals surface area contributed by atoms with Gasteiger partial charge >= 0.3 is 0 Å². The summed E-state index contributed by atoms with van der Waals surface area (Å²) in [6.07, 6.45) is 1.73. The molecular formula is C12H11BrClN3. The van der Waals surface area contributed by atoms with Crippen LogP contribution >= 0.6 is 27.5 Å². The normalized spacial score (nSPS) is 10.3. The van der Waals surface area contributed by atoms with Crippen LogP contribution in [-0.2, 0) is 0 Å². The van der Waals surface area contributed by atoms with E-state index in [0.29, 0.717) is 10.8 Å². The van der Waals surface area contributed by atoms with Gasteiger partial charge in [-0.25, -0.2) is 9.97 Å². The number of hydrogen-bond donors (Lipinski definition) is 1. The van der Waals surface area contributed by atoms with E-state index in [0.717, 1.165) is 22.4 Å². The summed E-state index contributed by atoms with van der Waals surface area (Å²) in [5.74, 6) is 1.48. The van der Waals surface area contributed by atoms with Gasteiger partial charge < -0.3 is 5.32 Å². The molecule has 0 radical (unpaired) electrons. The van der Waals surface area contributed by atoms with Gasteiger partial charge in [0.15, 0.2) is 5.82 Å². The van der Waals surface area contributed by atoms with Crippen molar-refractivity contribution in [3.63, 3.8) is 0 Å². The Balaban J connectivity index is 2.38. The van der Waals surface area contributed by atoms with Gasteiger partial charge in [0.25, 0.3) is 0 Å². The molecule has 0 atom stereocenters. The monoisotopic (exact) mass is 311 g/mol. The molecule has 5 heteroatoms. The zero-order valence-corrected chi connectivity index (χ0v) is 11.6. The summed E-state index contributed by atoms with van der Waals surface area (Å²) in [4.78, 5) is 8.64. The highest BCUT2D eigenvalue weighted by Crippen LogP contribution is 2.27. The summed E-state index contributed by atoms with van der Waals surface area (Å²) in [7, 11) is 0. The predicted molar refractivity (Wildman–Crippen MR) is 74.3 cm³/mol. The Hall–Kier alpha value is -1.13. The molecule has 0 aliphatic carbocycles. The van der Waals surface area contributed by atoms with Crippen molar-refractivity contribution in [2.75, 3.05) is 11.9 Å². The lowest BCUT2D eigenvalue weighted by Gasteiger charge is -2.05. The topological polar surface area (TPSA) is 37.8 Å². The molecule has 0 amide bonds. The first-order chi connectivity index (χ1) is 8.20. The maximum absolute atomic E-state index is 6.05. The largest absolute Gasteiger partial charge is 0.370 e. The SMILES string of the molecule is CCNc1ccnc(-c2ccc(Br)c(Cl)c2)n1. The molecule has 3 nitrogen and oxygen atoms in total. The number of aromatic nitrogens is 2. The van der Waals surface area contributed by atoms with Gasteiger partial charge in [0, 0.05) is 22.8 Å². The molecule has 0 fully saturated rings. The molecule has 1 aromatic carbocycles. The fourth-order valence-corrected chi connectivity index (χ4v) is 1.84. The summed E-state index contributed by atoms with van der Waals surface area (Å²) < 4.78 is 0.866. The fourth-order valence-electron chi connectivity index (χ4n) is 1.41. The predicted octanol–water partition coefficient (Wildman–Crippen LogP) is 3.99. The Morgan fingerprint density at radius 2 is 2.18 bits per heavy atom. The number of nitrogens with zero attached hydrogens (tertiary/aromatic N) is 2. The highest BCUT2D eigenvalue weighted by atomic mass is 79.9. The number of benzene rings is 1. The van der Waals surface area contributed by atoms with Crippen molar-refractivity contribution < 1.29 is 0 Å². The summed E-state index contributed by atoms with van der Waals surface area (Å²) in [5, 5.41) is 3.80. The van der Waals surface area contributed by atoms with Crippen LogP contribution in [0, 0.1) is 0 Å². The molecule has 0 bridgehead atoms. The Bertz CT molecular complexity index is 531. The summed E-state index contributed by atoms with van der Waals surface area (Å²) in [5.41, 5.74) is 0.901. The Labute approximate surface area is 113 Å². The Kier molecular flexibility index (Phi) is 3.97. The minimum Gasteiger partial charge on any atom is -0.370 e. The quantitative estimate of drug-likeness (QED) is 0.931. The van der Waals surface area contributed by atoms with Gasteiger partial charge in [0.05, 0.1) is 5.02 Å². The molecule has 1 aromatic heterocycles. The molecule has 0 saturated heterocycles. The third-order valence-corrected chi connectivity index (χ3v) is 3.42. The van der Waals surface area contributed by atoms with Gasteiger partial charge in [0.2, 0.25) is 0 Å². The van der Waals surface area contributed by atoms with Crippen LogP contribution in [0.4, 0.5) is 5.82 Å². The van der Waals surface area contributed by atoms with Crippen molar-refractivity contribution in [3.05, 3.63) is 40.0 Å². The van der Waals surface area contributed by atoms with E-state index in [1.54, 1.807) is 6.20 Å². The van der Waals surface area contributed by atoms with E-state index in [1.165, 1.54) is 0 Å². The molecule has 0 aliphatic heterocycles. The van der Waals surface area contributed by atoms with Crippen molar-refractivity contribution in [3.8, 4) is 11.4 Å². The van der Waals surface area contributed by atoms with Crippen molar-refractivity contribution in [1.29, 1.82) is 0 Å². The van der Waals surface area contributed by atoms with Crippen LogP contribution in [0.5, 0.6) is 0 Å². The van der Waals surface area contributed by atoms with Crippen LogP contribution in [0.2, 0.25) is 5.02 Å². The van der Waals surface area contributed by atoms with Crippen molar-refractivity contribution >= 4 is 33.3 Å². The highest BCUT2D eigenvalue weighted by Gasteiger charge is 2.05. The van der Waals surface area contributed by atoms with E-state index in [2.05, 4.69) is 31.2 Å². The molecule has 0 saturated carbocycles. The molecule has 0 unspecified atom stereocenters. The van der Waals surface area contributed by atoms with Gasteiger partial charge in [-0.2, -0.15) is 0 Å². The second kappa shape index (κ2) is 5.47. The number of rotatable bonds is 3. The number of nitrogens with one attached hydrogen (secondary N) is 1. The molecule has 88 valence electrons. The lowest BCUT2D eigenvalue weighted by Crippen LogP contribution is -2.00. The van der Waals surface area contributed by atoms with Gasteiger partial charge in [-0.05, 0) is 47.1 Å².